The summed E-state index contributed by atoms with van der Waals surface area (Å²) in [5.41, 5.74) is 1.35. The molecule has 2 aromatic rings. The van der Waals surface area contributed by atoms with E-state index in [4.69, 9.17) is 0 Å². The number of para-hydroxylation sites is 1. The lowest BCUT2D eigenvalue weighted by Crippen LogP contribution is -2.54. The Morgan fingerprint density at radius 3 is 2.10 bits per heavy atom. The van der Waals surface area contributed by atoms with Crippen molar-refractivity contribution in [3.05, 3.63) is 66.2 Å². The topological polar surface area (TPSA) is 73.1 Å². The number of carbonyl (C=O) groups excluding carboxylic acids is 1. The van der Waals surface area contributed by atoms with Crippen LogP contribution < -0.4 is 4.90 Å². The third kappa shape index (κ3) is 2.44. The summed E-state index contributed by atoms with van der Waals surface area (Å²) >= 11 is 0. The molecule has 1 heterocycles. The maximum Gasteiger partial charge on any atom is 0.281 e. The van der Waals surface area contributed by atoms with E-state index in [0.717, 1.165) is 0 Å². The second-order valence-corrected chi connectivity index (χ2v) is 4.70. The third-order valence-corrected chi connectivity index (χ3v) is 3.31. The molecule has 2 unspecified atom stereocenters. The lowest BCUT2D eigenvalue weighted by Gasteiger charge is -2.35. The van der Waals surface area contributed by atoms with Gasteiger partial charge in [0.25, 0.3) is 5.91 Å². The van der Waals surface area contributed by atoms with Gasteiger partial charge in [0.15, 0.2) is 12.3 Å². The molecule has 0 saturated carbocycles. The van der Waals surface area contributed by atoms with Crippen LogP contribution in [0.15, 0.2) is 65.7 Å². The number of rotatable bonds is 2. The van der Waals surface area contributed by atoms with Gasteiger partial charge in [-0.05, 0) is 12.1 Å². The number of carbonyl (C=O) groups is 1. The highest BCUT2D eigenvalue weighted by molar-refractivity contribution is 6.16. The zero-order chi connectivity index (χ0) is 14.8. The van der Waals surface area contributed by atoms with Crippen molar-refractivity contribution in [3.63, 3.8) is 0 Å². The monoisotopic (exact) mass is 282 g/mol. The number of amidine groups is 1. The minimum absolute atomic E-state index is 0.324. The number of nitrogens with zero attached hydrogens (tertiary/aromatic N) is 2. The Morgan fingerprint density at radius 1 is 0.905 bits per heavy atom. The second kappa shape index (κ2) is 5.47. The van der Waals surface area contributed by atoms with E-state index in [0.29, 0.717) is 17.1 Å². The largest absolute Gasteiger partial charge is 0.379 e. The van der Waals surface area contributed by atoms with Gasteiger partial charge < -0.3 is 10.2 Å². The molecule has 2 aromatic carbocycles. The van der Waals surface area contributed by atoms with Crippen molar-refractivity contribution in [1.82, 2.24) is 0 Å². The summed E-state index contributed by atoms with van der Waals surface area (Å²) in [5.74, 6) is -0.418. The standard InChI is InChI=1S/C16H14N2O3/c19-13-15(20)17-14(11-7-3-1-4-8-11)18(16(13)21)12-9-5-2-6-10-12/h1-10,13,16,19,21H. The predicted molar refractivity (Wildman–Crippen MR) is 78.9 cm³/mol. The van der Waals surface area contributed by atoms with Crippen molar-refractivity contribution in [2.45, 2.75) is 12.3 Å². The number of aliphatic imine (C=N–C) groups is 1. The van der Waals surface area contributed by atoms with E-state index in [1.807, 2.05) is 36.4 Å². The van der Waals surface area contributed by atoms with Crippen molar-refractivity contribution in [2.75, 3.05) is 4.90 Å². The van der Waals surface area contributed by atoms with Gasteiger partial charge in [-0.25, -0.2) is 0 Å². The molecule has 106 valence electrons. The molecule has 3 rings (SSSR count). The van der Waals surface area contributed by atoms with Crippen LogP contribution in [0.3, 0.4) is 0 Å². The molecule has 5 heteroatoms. The second-order valence-electron chi connectivity index (χ2n) is 4.70. The van der Waals surface area contributed by atoms with Crippen LogP contribution in [0, 0.1) is 0 Å². The molecule has 1 amide bonds. The number of hydrogen-bond acceptors (Lipinski definition) is 4. The van der Waals surface area contributed by atoms with Crippen LogP contribution in [0.5, 0.6) is 0 Å². The van der Waals surface area contributed by atoms with Crippen LogP contribution >= 0.6 is 0 Å². The third-order valence-electron chi connectivity index (χ3n) is 3.31. The van der Waals surface area contributed by atoms with Crippen LogP contribution in [0.2, 0.25) is 0 Å². The zero-order valence-corrected chi connectivity index (χ0v) is 11.1. The minimum atomic E-state index is -1.56. The molecule has 2 N–H and O–H groups in total. The number of aliphatic hydroxyl groups excluding tert-OH is 2. The molecule has 2 atom stereocenters. The van der Waals surface area contributed by atoms with E-state index in [2.05, 4.69) is 4.99 Å². The molecule has 0 bridgehead atoms. The van der Waals surface area contributed by atoms with Gasteiger partial charge in [-0.1, -0.05) is 48.5 Å². The molecular formula is C16H14N2O3. The van der Waals surface area contributed by atoms with Crippen LogP contribution in [0.4, 0.5) is 5.69 Å². The Balaban J connectivity index is 2.13. The van der Waals surface area contributed by atoms with Gasteiger partial charge in [-0.15, -0.1) is 0 Å². The van der Waals surface area contributed by atoms with Gasteiger partial charge in [-0.2, -0.15) is 4.99 Å². The first-order chi connectivity index (χ1) is 10.2. The average Bonchev–Trinajstić information content (AvgIpc) is 2.54. The summed E-state index contributed by atoms with van der Waals surface area (Å²) in [6, 6.07) is 18.1. The summed E-state index contributed by atoms with van der Waals surface area (Å²) in [7, 11) is 0. The molecule has 0 radical (unpaired) electrons. The van der Waals surface area contributed by atoms with Crippen molar-refractivity contribution < 1.29 is 15.0 Å². The van der Waals surface area contributed by atoms with Crippen molar-refractivity contribution >= 4 is 17.4 Å². The van der Waals surface area contributed by atoms with Gasteiger partial charge in [0.2, 0.25) is 0 Å². The van der Waals surface area contributed by atoms with Gasteiger partial charge >= 0.3 is 0 Å². The number of benzene rings is 2. The summed E-state index contributed by atoms with van der Waals surface area (Å²) < 4.78 is 0. The Kier molecular flexibility index (Phi) is 3.51. The number of hydrogen-bond donors (Lipinski definition) is 2. The van der Waals surface area contributed by atoms with Crippen molar-refractivity contribution in [2.24, 2.45) is 4.99 Å². The zero-order valence-electron chi connectivity index (χ0n) is 11.1. The van der Waals surface area contributed by atoms with Crippen molar-refractivity contribution in [1.29, 1.82) is 0 Å². The summed E-state index contributed by atoms with van der Waals surface area (Å²) in [5, 5.41) is 20.1. The van der Waals surface area contributed by atoms with Crippen LogP contribution in [0.25, 0.3) is 0 Å². The molecule has 5 nitrogen and oxygen atoms in total. The van der Waals surface area contributed by atoms with E-state index in [-0.39, 0.29) is 0 Å². The lowest BCUT2D eigenvalue weighted by atomic mass is 10.1. The lowest BCUT2D eigenvalue weighted by molar-refractivity contribution is -0.131. The van der Waals surface area contributed by atoms with Crippen LogP contribution in [-0.4, -0.2) is 34.3 Å². The SMILES string of the molecule is O=C1N=C(c2ccccc2)N(c2ccccc2)C(O)C1O. The van der Waals surface area contributed by atoms with E-state index < -0.39 is 18.2 Å². The fourth-order valence-electron chi connectivity index (χ4n) is 2.27. The number of anilines is 1. The average molecular weight is 282 g/mol. The molecule has 1 aliphatic rings. The molecule has 0 saturated heterocycles. The Bertz CT molecular complexity index is 670. The van der Waals surface area contributed by atoms with E-state index in [1.165, 1.54) is 4.90 Å². The highest BCUT2D eigenvalue weighted by atomic mass is 16.4. The minimum Gasteiger partial charge on any atom is -0.379 e. The Morgan fingerprint density at radius 2 is 1.48 bits per heavy atom. The molecule has 0 spiro atoms. The van der Waals surface area contributed by atoms with E-state index in [1.54, 1.807) is 24.3 Å². The quantitative estimate of drug-likeness (QED) is 0.867. The molecule has 0 fully saturated rings. The Hall–Kier alpha value is -2.50. The predicted octanol–water partition coefficient (Wildman–Crippen LogP) is 1.16. The number of amides is 1. The highest BCUT2D eigenvalue weighted by Gasteiger charge is 2.37. The molecular weight excluding hydrogens is 268 g/mol. The fourth-order valence-corrected chi connectivity index (χ4v) is 2.27. The van der Waals surface area contributed by atoms with E-state index in [9.17, 15) is 15.0 Å². The van der Waals surface area contributed by atoms with Gasteiger partial charge in [0, 0.05) is 11.3 Å². The van der Waals surface area contributed by atoms with Crippen LogP contribution in [0.1, 0.15) is 5.56 Å². The van der Waals surface area contributed by atoms with Crippen LogP contribution in [-0.2, 0) is 4.79 Å². The number of aliphatic hydroxyl groups is 2. The first-order valence-electron chi connectivity index (χ1n) is 6.57. The first-order valence-corrected chi connectivity index (χ1v) is 6.57. The molecule has 0 aromatic heterocycles. The normalized spacial score (nSPS) is 22.1. The maximum absolute atomic E-state index is 11.7. The summed E-state index contributed by atoms with van der Waals surface area (Å²) in [6.07, 6.45) is -2.93. The van der Waals surface area contributed by atoms with Gasteiger partial charge in [0.1, 0.15) is 5.84 Å². The maximum atomic E-state index is 11.7. The summed E-state index contributed by atoms with van der Waals surface area (Å²) in [4.78, 5) is 17.1. The molecule has 21 heavy (non-hydrogen) atoms. The van der Waals surface area contributed by atoms with Gasteiger partial charge in [0.05, 0.1) is 0 Å². The summed E-state index contributed by atoms with van der Waals surface area (Å²) in [6.45, 7) is 0. The smallest absolute Gasteiger partial charge is 0.281 e. The van der Waals surface area contributed by atoms with E-state index >= 15 is 0 Å². The fraction of sp³-hybridized carbons (Fsp3) is 0.125. The molecule has 0 aliphatic carbocycles. The highest BCUT2D eigenvalue weighted by Crippen LogP contribution is 2.24. The van der Waals surface area contributed by atoms with Gasteiger partial charge in [-0.3, -0.25) is 9.69 Å². The first kappa shape index (κ1) is 13.5. The molecule has 1 aliphatic heterocycles. The Labute approximate surface area is 121 Å². The van der Waals surface area contributed by atoms with Crippen molar-refractivity contribution in [3.8, 4) is 0 Å².